The summed E-state index contributed by atoms with van der Waals surface area (Å²) in [6.45, 7) is 4.90. The molecule has 1 rings (SSSR count). The Labute approximate surface area is 105 Å². The van der Waals surface area contributed by atoms with Crippen molar-refractivity contribution in [3.05, 3.63) is 16.4 Å². The van der Waals surface area contributed by atoms with Gasteiger partial charge in [-0.1, -0.05) is 11.6 Å². The van der Waals surface area contributed by atoms with Crippen LogP contribution < -0.4 is 0 Å². The number of hydrogen-bond acceptors (Lipinski definition) is 2. The summed E-state index contributed by atoms with van der Waals surface area (Å²) in [6, 6.07) is 0. The number of hydrogen-bond donors (Lipinski definition) is 0. The number of nitrogens with zero attached hydrogens (tertiary/aromatic N) is 2. The third-order valence-electron chi connectivity index (χ3n) is 2.11. The highest BCUT2D eigenvalue weighted by atomic mass is 35.5. The summed E-state index contributed by atoms with van der Waals surface area (Å²) in [4.78, 5) is 0. The fraction of sp³-hybridized carbons (Fsp3) is 0.700. The van der Waals surface area contributed by atoms with Crippen molar-refractivity contribution < 1.29 is 0 Å². The van der Waals surface area contributed by atoms with Gasteiger partial charge >= 0.3 is 0 Å². The third-order valence-corrected chi connectivity index (χ3v) is 3.93. The van der Waals surface area contributed by atoms with Crippen LogP contribution in [0.25, 0.3) is 0 Å². The largest absolute Gasteiger partial charge is 0.267 e. The van der Waals surface area contributed by atoms with Gasteiger partial charge in [0.25, 0.3) is 0 Å². The van der Waals surface area contributed by atoms with Crippen molar-refractivity contribution in [2.24, 2.45) is 0 Å². The van der Waals surface area contributed by atoms with E-state index in [1.54, 1.807) is 0 Å². The Kier molecular flexibility index (Phi) is 5.87. The lowest BCUT2D eigenvalue weighted by Gasteiger charge is -2.04. The van der Waals surface area contributed by atoms with E-state index in [-0.39, 0.29) is 0 Å². The lowest BCUT2D eigenvalue weighted by atomic mass is 10.4. The lowest BCUT2D eigenvalue weighted by molar-refractivity contribution is 0.632. The van der Waals surface area contributed by atoms with Gasteiger partial charge in [-0.3, -0.25) is 4.68 Å². The van der Waals surface area contributed by atoms with Crippen LogP contribution >= 0.6 is 35.0 Å². The smallest absolute Gasteiger partial charge is 0.0855 e. The molecule has 0 atom stereocenters. The molecule has 0 aliphatic carbocycles. The molecule has 15 heavy (non-hydrogen) atoms. The van der Waals surface area contributed by atoms with Crippen LogP contribution in [0.2, 0.25) is 5.02 Å². The molecule has 0 aliphatic rings. The van der Waals surface area contributed by atoms with Gasteiger partial charge in [-0.05, 0) is 26.0 Å². The van der Waals surface area contributed by atoms with Crippen molar-refractivity contribution in [2.45, 2.75) is 32.6 Å². The van der Waals surface area contributed by atoms with Gasteiger partial charge < -0.3 is 0 Å². The second-order valence-corrected chi connectivity index (χ2v) is 5.12. The molecule has 5 heteroatoms. The van der Waals surface area contributed by atoms with Gasteiger partial charge in [-0.25, -0.2) is 0 Å². The summed E-state index contributed by atoms with van der Waals surface area (Å²) in [5, 5.41) is 5.19. The normalized spacial score (nSPS) is 10.9. The Hall–Kier alpha value is 0.140. The van der Waals surface area contributed by atoms with Crippen molar-refractivity contribution in [3.8, 4) is 0 Å². The molecule has 0 aliphatic heterocycles. The first-order valence-corrected chi connectivity index (χ1v) is 7.12. The van der Waals surface area contributed by atoms with Gasteiger partial charge in [0, 0.05) is 18.2 Å². The molecule has 1 heterocycles. The number of alkyl halides is 1. The number of rotatable bonds is 6. The topological polar surface area (TPSA) is 17.8 Å². The van der Waals surface area contributed by atoms with Crippen LogP contribution in [0.15, 0.2) is 0 Å². The van der Waals surface area contributed by atoms with Crippen LogP contribution in [0.3, 0.4) is 0 Å². The Bertz CT molecular complexity index is 313. The van der Waals surface area contributed by atoms with Gasteiger partial charge in [-0.15, -0.1) is 11.6 Å². The van der Waals surface area contributed by atoms with Gasteiger partial charge in [0.1, 0.15) is 0 Å². The number of aromatic nitrogens is 2. The van der Waals surface area contributed by atoms with E-state index in [1.807, 2.05) is 23.4 Å². The molecule has 0 amide bonds. The summed E-state index contributed by atoms with van der Waals surface area (Å²) in [5.74, 6) is 2.73. The molecule has 0 radical (unpaired) electrons. The van der Waals surface area contributed by atoms with Crippen LogP contribution in [0.1, 0.15) is 24.7 Å². The minimum absolute atomic E-state index is 0.729. The first kappa shape index (κ1) is 13.2. The monoisotopic (exact) mass is 266 g/mol. The van der Waals surface area contributed by atoms with Crippen LogP contribution in [0, 0.1) is 6.92 Å². The molecule has 0 saturated heterocycles. The van der Waals surface area contributed by atoms with Crippen LogP contribution in [0.4, 0.5) is 0 Å². The fourth-order valence-electron chi connectivity index (χ4n) is 1.33. The maximum Gasteiger partial charge on any atom is 0.0855 e. The molecule has 1 aromatic rings. The van der Waals surface area contributed by atoms with Crippen molar-refractivity contribution in [3.63, 3.8) is 0 Å². The predicted octanol–water partition coefficient (Wildman–Crippen LogP) is 3.73. The third kappa shape index (κ3) is 3.58. The molecule has 86 valence electrons. The number of thioether (sulfide) groups is 1. The molecule has 0 spiro atoms. The number of aryl methyl sites for hydroxylation is 2. The highest BCUT2D eigenvalue weighted by Gasteiger charge is 2.11. The zero-order chi connectivity index (χ0) is 11.3. The predicted molar refractivity (Wildman–Crippen MR) is 69.1 cm³/mol. The quantitative estimate of drug-likeness (QED) is 0.577. The van der Waals surface area contributed by atoms with E-state index in [0.717, 1.165) is 46.8 Å². The standard InChI is InChI=1S/C10H16Cl2N2S/c1-3-14-9(7-15-6-4-5-11)10(12)8(2)13-14/h3-7H2,1-2H3. The summed E-state index contributed by atoms with van der Waals surface area (Å²) < 4.78 is 1.98. The lowest BCUT2D eigenvalue weighted by Crippen LogP contribution is -2.02. The summed E-state index contributed by atoms with van der Waals surface area (Å²) in [5.41, 5.74) is 2.06. The highest BCUT2D eigenvalue weighted by Crippen LogP contribution is 2.24. The van der Waals surface area contributed by atoms with Crippen molar-refractivity contribution in [1.29, 1.82) is 0 Å². The Morgan fingerprint density at radius 2 is 2.20 bits per heavy atom. The van der Waals surface area contributed by atoms with E-state index in [0.29, 0.717) is 0 Å². The summed E-state index contributed by atoms with van der Waals surface area (Å²) in [6.07, 6.45) is 1.04. The minimum atomic E-state index is 0.729. The zero-order valence-electron chi connectivity index (χ0n) is 9.09. The average Bonchev–Trinajstić information content (AvgIpc) is 2.51. The Morgan fingerprint density at radius 1 is 1.47 bits per heavy atom. The van der Waals surface area contributed by atoms with E-state index in [9.17, 15) is 0 Å². The Balaban J connectivity index is 2.58. The molecular weight excluding hydrogens is 251 g/mol. The van der Waals surface area contributed by atoms with Crippen LogP contribution in [0.5, 0.6) is 0 Å². The van der Waals surface area contributed by atoms with Gasteiger partial charge in [-0.2, -0.15) is 16.9 Å². The van der Waals surface area contributed by atoms with E-state index >= 15 is 0 Å². The summed E-state index contributed by atoms with van der Waals surface area (Å²) in [7, 11) is 0. The van der Waals surface area contributed by atoms with Crippen LogP contribution in [-0.4, -0.2) is 21.4 Å². The molecule has 0 N–H and O–H groups in total. The molecule has 0 bridgehead atoms. The molecular formula is C10H16Cl2N2S. The SMILES string of the molecule is CCn1nc(C)c(Cl)c1CSCCCCl. The van der Waals surface area contributed by atoms with E-state index < -0.39 is 0 Å². The average molecular weight is 267 g/mol. The van der Waals surface area contributed by atoms with Gasteiger partial charge in [0.15, 0.2) is 0 Å². The molecule has 0 aromatic carbocycles. The molecule has 2 nitrogen and oxygen atoms in total. The first-order chi connectivity index (χ1) is 7.20. The first-order valence-electron chi connectivity index (χ1n) is 5.06. The van der Waals surface area contributed by atoms with Crippen molar-refractivity contribution in [2.75, 3.05) is 11.6 Å². The van der Waals surface area contributed by atoms with Gasteiger partial charge in [0.2, 0.25) is 0 Å². The van der Waals surface area contributed by atoms with Gasteiger partial charge in [0.05, 0.1) is 16.4 Å². The number of halogens is 2. The van der Waals surface area contributed by atoms with E-state index in [1.165, 1.54) is 0 Å². The Morgan fingerprint density at radius 3 is 2.80 bits per heavy atom. The summed E-state index contributed by atoms with van der Waals surface area (Å²) >= 11 is 13.7. The van der Waals surface area contributed by atoms with E-state index in [2.05, 4.69) is 12.0 Å². The zero-order valence-corrected chi connectivity index (χ0v) is 11.4. The van der Waals surface area contributed by atoms with Crippen molar-refractivity contribution in [1.82, 2.24) is 9.78 Å². The molecule has 0 unspecified atom stereocenters. The second kappa shape index (κ2) is 6.66. The molecule has 1 aromatic heterocycles. The van der Waals surface area contributed by atoms with Crippen LogP contribution in [-0.2, 0) is 12.3 Å². The minimum Gasteiger partial charge on any atom is -0.267 e. The maximum absolute atomic E-state index is 6.18. The molecule has 0 fully saturated rings. The van der Waals surface area contributed by atoms with Crippen molar-refractivity contribution >= 4 is 35.0 Å². The molecule has 0 saturated carbocycles. The fourth-order valence-corrected chi connectivity index (χ4v) is 2.89. The second-order valence-electron chi connectivity index (χ2n) is 3.26. The highest BCUT2D eigenvalue weighted by molar-refractivity contribution is 7.98. The van der Waals surface area contributed by atoms with E-state index in [4.69, 9.17) is 23.2 Å². The maximum atomic E-state index is 6.18.